The van der Waals surface area contributed by atoms with E-state index >= 15 is 0 Å². The molecule has 3 N–H and O–H groups in total. The largest absolute Gasteiger partial charge is 0.494 e. The second-order valence-electron chi connectivity index (χ2n) is 10.5. The third kappa shape index (κ3) is 5.39. The number of benzene rings is 3. The maximum Gasteiger partial charge on any atom is 0.335 e. The van der Waals surface area contributed by atoms with E-state index in [1.54, 1.807) is 42.3 Å². The topological polar surface area (TPSA) is 131 Å². The summed E-state index contributed by atoms with van der Waals surface area (Å²) in [5.41, 5.74) is 3.37. The van der Waals surface area contributed by atoms with Crippen molar-refractivity contribution in [3.63, 3.8) is 0 Å². The van der Waals surface area contributed by atoms with Crippen LogP contribution in [0.5, 0.6) is 17.4 Å². The van der Waals surface area contributed by atoms with Gasteiger partial charge in [0.15, 0.2) is 17.4 Å². The van der Waals surface area contributed by atoms with E-state index < -0.39 is 5.97 Å². The fourth-order valence-electron chi connectivity index (χ4n) is 5.19. The van der Waals surface area contributed by atoms with Crippen molar-refractivity contribution >= 4 is 39.9 Å². The molecule has 0 saturated carbocycles. The quantitative estimate of drug-likeness (QED) is 0.288. The molecule has 3 aromatic carbocycles. The lowest BCUT2D eigenvalue weighted by atomic mass is 9.99. The van der Waals surface area contributed by atoms with Crippen molar-refractivity contribution in [2.24, 2.45) is 4.99 Å². The Bertz CT molecular complexity index is 1690. The van der Waals surface area contributed by atoms with Crippen LogP contribution >= 0.6 is 0 Å². The molecule has 0 spiro atoms. The number of carbonyl (C=O) groups is 2. The van der Waals surface area contributed by atoms with Crippen molar-refractivity contribution in [2.75, 3.05) is 58.5 Å². The van der Waals surface area contributed by atoms with E-state index in [1.807, 2.05) is 18.2 Å². The number of rotatable bonds is 7. The molecule has 6 rings (SSSR count). The molecule has 1 saturated heterocycles. The first-order valence-electron chi connectivity index (χ1n) is 13.6. The second-order valence-corrected chi connectivity index (χ2v) is 10.5. The van der Waals surface area contributed by atoms with Crippen molar-refractivity contribution < 1.29 is 29.3 Å². The summed E-state index contributed by atoms with van der Waals surface area (Å²) < 4.78 is 11.0. The Morgan fingerprint density at radius 2 is 1.67 bits per heavy atom. The average Bonchev–Trinajstić information content (AvgIpc) is 3.59. The van der Waals surface area contributed by atoms with Crippen LogP contribution < -0.4 is 14.4 Å². The summed E-state index contributed by atoms with van der Waals surface area (Å²) >= 11 is 0. The second kappa shape index (κ2) is 11.2. The molecule has 11 nitrogen and oxygen atoms in total. The fourth-order valence-corrected chi connectivity index (χ4v) is 5.19. The molecule has 42 heavy (non-hydrogen) atoms. The van der Waals surface area contributed by atoms with Crippen LogP contribution in [0.4, 0.5) is 11.4 Å². The number of nitrogens with zero attached hydrogens (tertiary/aromatic N) is 4. The number of aromatic nitrogens is 1. The molecule has 4 aromatic rings. The number of hydrogen-bond acceptors (Lipinski definition) is 8. The molecule has 1 aromatic heterocycles. The summed E-state index contributed by atoms with van der Waals surface area (Å²) in [6, 6.07) is 17.2. The third-order valence-electron chi connectivity index (χ3n) is 7.72. The van der Waals surface area contributed by atoms with Crippen LogP contribution in [0.1, 0.15) is 21.5 Å². The zero-order chi connectivity index (χ0) is 29.4. The van der Waals surface area contributed by atoms with Gasteiger partial charge in [0.1, 0.15) is 0 Å². The van der Waals surface area contributed by atoms with E-state index in [2.05, 4.69) is 21.8 Å². The van der Waals surface area contributed by atoms with Gasteiger partial charge in [-0.2, -0.15) is 0 Å². The molecule has 1 amide bonds. The van der Waals surface area contributed by atoms with E-state index in [9.17, 15) is 19.8 Å². The van der Waals surface area contributed by atoms with Gasteiger partial charge in [-0.25, -0.2) is 9.79 Å². The Balaban J connectivity index is 1.35. The summed E-state index contributed by atoms with van der Waals surface area (Å²) in [6.07, 6.45) is 0. The van der Waals surface area contributed by atoms with E-state index in [0.29, 0.717) is 51.5 Å². The molecular formula is C31H31N5O6. The highest BCUT2D eigenvalue weighted by Gasteiger charge is 2.23. The highest BCUT2D eigenvalue weighted by Crippen LogP contribution is 2.37. The van der Waals surface area contributed by atoms with Crippen LogP contribution in [0.25, 0.3) is 10.9 Å². The van der Waals surface area contributed by atoms with Gasteiger partial charge in [0.2, 0.25) is 12.7 Å². The summed E-state index contributed by atoms with van der Waals surface area (Å²) in [4.78, 5) is 38.6. The maximum atomic E-state index is 13.0. The number of aromatic amines is 1. The van der Waals surface area contributed by atoms with E-state index in [-0.39, 0.29) is 24.1 Å². The normalized spacial score (nSPS) is 15.7. The zero-order valence-electron chi connectivity index (χ0n) is 23.3. The van der Waals surface area contributed by atoms with Crippen LogP contribution in [0.3, 0.4) is 0 Å². The maximum absolute atomic E-state index is 13.0. The molecule has 0 atom stereocenters. The predicted octanol–water partition coefficient (Wildman–Crippen LogP) is 3.68. The Labute approximate surface area is 242 Å². The number of carbonyl (C=O) groups excluding carboxylic acids is 1. The molecule has 0 unspecified atom stereocenters. The standard InChI is InChI=1S/C31H31N5O6/c1-34-11-13-36(14-12-34)17-27(37)35(2)22-7-5-21(6-8-22)32-29(19-4-10-25-26(16-19)42-18-41-25)28-23-15-20(31(39)40)3-9-24(23)33-30(28)38/h3-10,15-16,33,38H,11-14,17-18H2,1-2H3,(H,39,40). The molecule has 216 valence electrons. The van der Waals surface area contributed by atoms with Crippen molar-refractivity contribution in [1.29, 1.82) is 0 Å². The smallest absolute Gasteiger partial charge is 0.335 e. The number of likely N-dealkylation sites (N-methyl/N-ethyl adjacent to an activating group) is 2. The molecule has 1 fully saturated rings. The summed E-state index contributed by atoms with van der Waals surface area (Å²) in [5, 5.41) is 21.1. The van der Waals surface area contributed by atoms with Crippen molar-refractivity contribution in [3.05, 3.63) is 77.4 Å². The van der Waals surface area contributed by atoms with Crippen molar-refractivity contribution in [2.45, 2.75) is 0 Å². The van der Waals surface area contributed by atoms with E-state index in [4.69, 9.17) is 14.5 Å². The van der Waals surface area contributed by atoms with Crippen LogP contribution in [-0.4, -0.2) is 96.2 Å². The lowest BCUT2D eigenvalue weighted by Gasteiger charge is -2.32. The minimum absolute atomic E-state index is 0.00908. The monoisotopic (exact) mass is 569 g/mol. The fraction of sp³-hybridized carbons (Fsp3) is 0.258. The number of hydrogen-bond donors (Lipinski definition) is 3. The molecule has 2 aliphatic rings. The first-order chi connectivity index (χ1) is 20.3. The van der Waals surface area contributed by atoms with Gasteiger partial charge < -0.3 is 34.5 Å². The van der Waals surface area contributed by atoms with Crippen LogP contribution in [0, 0.1) is 0 Å². The molecule has 0 radical (unpaired) electrons. The average molecular weight is 570 g/mol. The Morgan fingerprint density at radius 3 is 2.40 bits per heavy atom. The number of aliphatic imine (C=N–C) groups is 1. The number of anilines is 1. The molecular weight excluding hydrogens is 538 g/mol. The van der Waals surface area contributed by atoms with Gasteiger partial charge in [0.25, 0.3) is 0 Å². The molecule has 0 bridgehead atoms. The summed E-state index contributed by atoms with van der Waals surface area (Å²) in [5.74, 6) is -0.0683. The number of H-pyrrole nitrogens is 1. The molecule has 11 heteroatoms. The number of aromatic carboxylic acids is 1. The number of carboxylic acid groups (broad SMARTS) is 1. The highest BCUT2D eigenvalue weighted by molar-refractivity contribution is 6.22. The van der Waals surface area contributed by atoms with Gasteiger partial charge in [0.05, 0.1) is 29.1 Å². The zero-order valence-corrected chi connectivity index (χ0v) is 23.3. The molecule has 0 aliphatic carbocycles. The summed E-state index contributed by atoms with van der Waals surface area (Å²) in [7, 11) is 3.85. The van der Waals surface area contributed by atoms with Crippen LogP contribution in [0.15, 0.2) is 65.7 Å². The number of aromatic hydroxyl groups is 1. The lowest BCUT2D eigenvalue weighted by Crippen LogP contribution is -2.48. The Kier molecular flexibility index (Phi) is 7.27. The molecule has 2 aliphatic heterocycles. The SMILES string of the molecule is CN1CCN(CC(=O)N(C)c2ccc(N=C(c3ccc4c(c3)OCO4)c3c(O)[nH]c4ccc(C(=O)O)cc34)cc2)CC1. The van der Waals surface area contributed by atoms with Crippen molar-refractivity contribution in [3.8, 4) is 17.4 Å². The number of ether oxygens (including phenoxy) is 2. The van der Waals surface area contributed by atoms with Gasteiger partial charge in [-0.15, -0.1) is 0 Å². The lowest BCUT2D eigenvalue weighted by molar-refractivity contribution is -0.119. The minimum Gasteiger partial charge on any atom is -0.494 e. The Morgan fingerprint density at radius 1 is 0.952 bits per heavy atom. The van der Waals surface area contributed by atoms with Gasteiger partial charge in [-0.3, -0.25) is 9.69 Å². The van der Waals surface area contributed by atoms with Gasteiger partial charge >= 0.3 is 5.97 Å². The minimum atomic E-state index is -1.08. The van der Waals surface area contributed by atoms with Gasteiger partial charge in [0, 0.05) is 55.4 Å². The van der Waals surface area contributed by atoms with Crippen molar-refractivity contribution in [1.82, 2.24) is 14.8 Å². The molecule has 3 heterocycles. The first kappa shape index (κ1) is 27.3. The van der Waals surface area contributed by atoms with Gasteiger partial charge in [-0.1, -0.05) is 0 Å². The predicted molar refractivity (Wildman–Crippen MR) is 159 cm³/mol. The number of piperazine rings is 1. The third-order valence-corrected chi connectivity index (χ3v) is 7.72. The van der Waals surface area contributed by atoms with E-state index in [1.165, 1.54) is 12.1 Å². The van der Waals surface area contributed by atoms with E-state index in [0.717, 1.165) is 31.9 Å². The first-order valence-corrected chi connectivity index (χ1v) is 13.6. The number of carboxylic acids is 1. The highest BCUT2D eigenvalue weighted by atomic mass is 16.7. The van der Waals surface area contributed by atoms with Gasteiger partial charge in [-0.05, 0) is 67.7 Å². The summed E-state index contributed by atoms with van der Waals surface area (Å²) in [6.45, 7) is 4.07. The number of fused-ring (bicyclic) bond motifs is 2. The van der Waals surface area contributed by atoms with Crippen LogP contribution in [-0.2, 0) is 4.79 Å². The number of nitrogens with one attached hydrogen (secondary N) is 1. The Hall–Kier alpha value is -4.87. The number of amides is 1. The van der Waals surface area contributed by atoms with Crippen LogP contribution in [0.2, 0.25) is 0 Å².